The number of hydrogen-bond acceptors (Lipinski definition) is 3. The summed E-state index contributed by atoms with van der Waals surface area (Å²) in [5.74, 6) is -0.389. The van der Waals surface area contributed by atoms with Crippen molar-refractivity contribution in [2.75, 3.05) is 6.61 Å². The number of esters is 1. The van der Waals surface area contributed by atoms with Crippen molar-refractivity contribution in [2.45, 2.75) is 123 Å². The van der Waals surface area contributed by atoms with E-state index in [1.807, 2.05) is 30.3 Å². The van der Waals surface area contributed by atoms with Crippen LogP contribution in [0.4, 0.5) is 0 Å². The minimum Gasteiger partial charge on any atom is -0.464 e. The SMILES string of the molecule is CCCCCCCC/C=C\CCCCCCCC(=O)N[C@H](CCc1ccccc1)C(=O)OCC. The van der Waals surface area contributed by atoms with Gasteiger partial charge in [-0.25, -0.2) is 4.79 Å². The van der Waals surface area contributed by atoms with Gasteiger partial charge in [-0.05, 0) is 57.4 Å². The second-order valence-electron chi connectivity index (χ2n) is 9.23. The summed E-state index contributed by atoms with van der Waals surface area (Å²) in [5.41, 5.74) is 1.16. The average molecular weight is 472 g/mol. The quantitative estimate of drug-likeness (QED) is 0.113. The van der Waals surface area contributed by atoms with Crippen molar-refractivity contribution in [3.05, 3.63) is 48.0 Å². The molecule has 192 valence electrons. The first-order valence-electron chi connectivity index (χ1n) is 13.8. The molecule has 1 amide bonds. The van der Waals surface area contributed by atoms with Crippen LogP contribution in [0.3, 0.4) is 0 Å². The lowest BCUT2D eigenvalue weighted by Crippen LogP contribution is -2.42. The summed E-state index contributed by atoms with van der Waals surface area (Å²) < 4.78 is 5.17. The van der Waals surface area contributed by atoms with Crippen LogP contribution in [-0.2, 0) is 20.7 Å². The van der Waals surface area contributed by atoms with Gasteiger partial charge in [-0.1, -0.05) is 101 Å². The lowest BCUT2D eigenvalue weighted by atomic mass is 10.0. The maximum absolute atomic E-state index is 12.4. The third-order valence-corrected chi connectivity index (χ3v) is 6.14. The molecule has 0 spiro atoms. The van der Waals surface area contributed by atoms with Crippen molar-refractivity contribution in [3.63, 3.8) is 0 Å². The predicted octanol–water partition coefficient (Wildman–Crippen LogP) is 7.70. The van der Waals surface area contributed by atoms with Crippen molar-refractivity contribution < 1.29 is 14.3 Å². The molecular weight excluding hydrogens is 422 g/mol. The molecule has 0 aliphatic rings. The number of rotatable bonds is 21. The average Bonchev–Trinajstić information content (AvgIpc) is 2.85. The summed E-state index contributed by atoms with van der Waals surface area (Å²) in [7, 11) is 0. The first kappa shape index (κ1) is 29.9. The van der Waals surface area contributed by atoms with Crippen LogP contribution in [0, 0.1) is 0 Å². The van der Waals surface area contributed by atoms with Gasteiger partial charge in [0.25, 0.3) is 0 Å². The van der Waals surface area contributed by atoms with Crippen LogP contribution in [0.1, 0.15) is 116 Å². The number of amides is 1. The smallest absolute Gasteiger partial charge is 0.328 e. The van der Waals surface area contributed by atoms with Gasteiger partial charge in [0.15, 0.2) is 0 Å². The Morgan fingerprint density at radius 1 is 0.824 bits per heavy atom. The summed E-state index contributed by atoms with van der Waals surface area (Å²) in [6, 6.07) is 9.45. The highest BCUT2D eigenvalue weighted by Crippen LogP contribution is 2.11. The Labute approximate surface area is 208 Å². The van der Waals surface area contributed by atoms with Crippen LogP contribution < -0.4 is 5.32 Å². The molecule has 0 aromatic heterocycles. The molecule has 0 unspecified atom stereocenters. The van der Waals surface area contributed by atoms with Crippen molar-refractivity contribution in [3.8, 4) is 0 Å². The molecule has 0 bridgehead atoms. The Balaban J connectivity index is 2.09. The fourth-order valence-corrected chi connectivity index (χ4v) is 4.07. The van der Waals surface area contributed by atoms with Gasteiger partial charge in [-0.15, -0.1) is 0 Å². The minimum absolute atomic E-state index is 0.0521. The van der Waals surface area contributed by atoms with E-state index in [0.717, 1.165) is 31.2 Å². The van der Waals surface area contributed by atoms with Crippen LogP contribution in [0.5, 0.6) is 0 Å². The van der Waals surface area contributed by atoms with Gasteiger partial charge in [0.05, 0.1) is 6.61 Å². The highest BCUT2D eigenvalue weighted by Gasteiger charge is 2.21. The Kier molecular flexibility index (Phi) is 18.9. The molecule has 0 aliphatic heterocycles. The molecule has 1 N–H and O–H groups in total. The van der Waals surface area contributed by atoms with Gasteiger partial charge in [-0.2, -0.15) is 0 Å². The molecule has 0 fully saturated rings. The van der Waals surface area contributed by atoms with Gasteiger partial charge >= 0.3 is 5.97 Å². The van der Waals surface area contributed by atoms with Gasteiger partial charge < -0.3 is 10.1 Å². The first-order valence-corrected chi connectivity index (χ1v) is 13.8. The topological polar surface area (TPSA) is 55.4 Å². The lowest BCUT2D eigenvalue weighted by Gasteiger charge is -2.17. The first-order chi connectivity index (χ1) is 16.7. The zero-order valence-corrected chi connectivity index (χ0v) is 21.9. The van der Waals surface area contributed by atoms with E-state index < -0.39 is 6.04 Å². The molecule has 1 rings (SSSR count). The second kappa shape index (κ2) is 21.4. The van der Waals surface area contributed by atoms with E-state index >= 15 is 0 Å². The van der Waals surface area contributed by atoms with Crippen molar-refractivity contribution in [1.82, 2.24) is 5.32 Å². The number of nitrogens with one attached hydrogen (secondary N) is 1. The normalized spacial score (nSPS) is 12.1. The molecule has 1 aromatic carbocycles. The van der Waals surface area contributed by atoms with E-state index in [0.29, 0.717) is 19.4 Å². The zero-order chi connectivity index (χ0) is 24.7. The van der Waals surface area contributed by atoms with Crippen LogP contribution >= 0.6 is 0 Å². The van der Waals surface area contributed by atoms with Gasteiger partial charge in [-0.3, -0.25) is 4.79 Å². The van der Waals surface area contributed by atoms with Gasteiger partial charge in [0.1, 0.15) is 6.04 Å². The van der Waals surface area contributed by atoms with Gasteiger partial charge in [0.2, 0.25) is 5.91 Å². The van der Waals surface area contributed by atoms with E-state index in [2.05, 4.69) is 24.4 Å². The lowest BCUT2D eigenvalue weighted by molar-refractivity contribution is -0.147. The zero-order valence-electron chi connectivity index (χ0n) is 21.9. The third kappa shape index (κ3) is 16.5. The molecule has 0 saturated carbocycles. The van der Waals surface area contributed by atoms with Crippen molar-refractivity contribution >= 4 is 11.9 Å². The molecular formula is C30H49NO3. The summed E-state index contributed by atoms with van der Waals surface area (Å²) in [4.78, 5) is 24.6. The summed E-state index contributed by atoms with van der Waals surface area (Å²) >= 11 is 0. The van der Waals surface area contributed by atoms with Crippen LogP contribution in [0.25, 0.3) is 0 Å². The van der Waals surface area contributed by atoms with Crippen molar-refractivity contribution in [1.29, 1.82) is 0 Å². The number of unbranched alkanes of at least 4 members (excludes halogenated alkanes) is 11. The maximum atomic E-state index is 12.4. The van der Waals surface area contributed by atoms with Crippen molar-refractivity contribution in [2.24, 2.45) is 0 Å². The highest BCUT2D eigenvalue weighted by atomic mass is 16.5. The Morgan fingerprint density at radius 3 is 2.03 bits per heavy atom. The molecule has 0 saturated heterocycles. The summed E-state index contributed by atoms with van der Waals surface area (Å²) in [5, 5.41) is 2.90. The molecule has 1 atom stereocenters. The van der Waals surface area contributed by atoms with Crippen LogP contribution in [0.2, 0.25) is 0 Å². The maximum Gasteiger partial charge on any atom is 0.328 e. The molecule has 34 heavy (non-hydrogen) atoms. The monoisotopic (exact) mass is 471 g/mol. The number of hydrogen-bond donors (Lipinski definition) is 1. The van der Waals surface area contributed by atoms with E-state index in [1.165, 1.54) is 64.2 Å². The van der Waals surface area contributed by atoms with E-state index in [1.54, 1.807) is 6.92 Å². The number of benzene rings is 1. The Bertz CT molecular complexity index is 656. The fraction of sp³-hybridized carbons (Fsp3) is 0.667. The predicted molar refractivity (Wildman–Crippen MR) is 143 cm³/mol. The van der Waals surface area contributed by atoms with Crippen LogP contribution in [-0.4, -0.2) is 24.5 Å². The van der Waals surface area contributed by atoms with Crippen LogP contribution in [0.15, 0.2) is 42.5 Å². The highest BCUT2D eigenvalue weighted by molar-refractivity contribution is 5.84. The number of aryl methyl sites for hydroxylation is 1. The number of carbonyl (C=O) groups is 2. The Morgan fingerprint density at radius 2 is 1.41 bits per heavy atom. The number of allylic oxidation sites excluding steroid dienone is 2. The number of carbonyl (C=O) groups excluding carboxylic acids is 2. The molecule has 0 aliphatic carbocycles. The molecule has 4 heteroatoms. The Hall–Kier alpha value is -2.10. The third-order valence-electron chi connectivity index (χ3n) is 6.14. The van der Waals surface area contributed by atoms with E-state index in [4.69, 9.17) is 4.74 Å². The molecule has 0 radical (unpaired) electrons. The van der Waals surface area contributed by atoms with E-state index in [9.17, 15) is 9.59 Å². The summed E-state index contributed by atoms with van der Waals surface area (Å²) in [6.45, 7) is 4.38. The van der Waals surface area contributed by atoms with E-state index in [-0.39, 0.29) is 11.9 Å². The largest absolute Gasteiger partial charge is 0.464 e. The molecule has 4 nitrogen and oxygen atoms in total. The standard InChI is InChI=1S/C30H49NO3/c1-3-5-6-7-8-9-10-11-12-13-14-15-16-17-21-24-29(32)31-28(30(33)34-4-2)26-25-27-22-19-18-20-23-27/h11-12,18-20,22-23,28H,3-10,13-17,21,24-26H2,1-2H3,(H,31,32)/b12-11-/t28-/m1/s1. The fourth-order valence-electron chi connectivity index (χ4n) is 4.07. The summed E-state index contributed by atoms with van der Waals surface area (Å²) in [6.07, 6.45) is 22.5. The minimum atomic E-state index is -0.573. The number of ether oxygens (including phenoxy) is 1. The van der Waals surface area contributed by atoms with Gasteiger partial charge in [0, 0.05) is 6.42 Å². The second-order valence-corrected chi connectivity index (χ2v) is 9.23. The molecule has 1 aromatic rings. The molecule has 0 heterocycles.